The normalized spacial score (nSPS) is 13.1. The monoisotopic (exact) mass is 340 g/mol. The summed E-state index contributed by atoms with van der Waals surface area (Å²) in [4.78, 5) is 27.4. The van der Waals surface area contributed by atoms with Crippen molar-refractivity contribution in [2.24, 2.45) is 0 Å². The SMILES string of the molecule is O=Cc1cc2cc3nc(cc4ccc(cc5nc(cc1[nH]2)C=C5)[nH]4)CC3. The number of carbonyl (C=O) groups is 1. The molecular weight excluding hydrogens is 324 g/mol. The number of aromatic nitrogens is 4. The number of carbonyl (C=O) groups excluding carboxylic acids is 1. The Balaban J connectivity index is 1.86. The number of aryl methyl sites for hydroxylation is 2. The van der Waals surface area contributed by atoms with Gasteiger partial charge in [-0.3, -0.25) is 9.78 Å². The number of aromatic amines is 2. The highest BCUT2D eigenvalue weighted by atomic mass is 16.1. The van der Waals surface area contributed by atoms with Gasteiger partial charge in [-0.2, -0.15) is 0 Å². The van der Waals surface area contributed by atoms with Crippen molar-refractivity contribution in [3.8, 4) is 0 Å². The first-order chi connectivity index (χ1) is 12.7. The van der Waals surface area contributed by atoms with Gasteiger partial charge < -0.3 is 9.97 Å². The van der Waals surface area contributed by atoms with Gasteiger partial charge in [0.2, 0.25) is 0 Å². The molecule has 5 rings (SSSR count). The number of aldehydes is 1. The summed E-state index contributed by atoms with van der Waals surface area (Å²) in [6, 6.07) is 13.9. The number of nitrogens with one attached hydrogen (secondary N) is 2. The molecule has 0 saturated carbocycles. The molecule has 2 aliphatic rings. The summed E-state index contributed by atoms with van der Waals surface area (Å²) in [5, 5.41) is 0. The maximum Gasteiger partial charge on any atom is 0.152 e. The molecule has 0 amide bonds. The van der Waals surface area contributed by atoms with Crippen molar-refractivity contribution >= 4 is 40.5 Å². The van der Waals surface area contributed by atoms with Crippen LogP contribution in [0, 0.1) is 0 Å². The Bertz CT molecular complexity index is 1210. The van der Waals surface area contributed by atoms with Crippen LogP contribution in [0.15, 0.2) is 42.5 Å². The Morgan fingerprint density at radius 3 is 2.23 bits per heavy atom. The fourth-order valence-electron chi connectivity index (χ4n) is 3.38. The van der Waals surface area contributed by atoms with Gasteiger partial charge in [-0.25, -0.2) is 4.98 Å². The molecule has 0 aromatic carbocycles. The highest BCUT2D eigenvalue weighted by molar-refractivity contribution is 5.90. The van der Waals surface area contributed by atoms with Gasteiger partial charge in [0, 0.05) is 33.5 Å². The lowest BCUT2D eigenvalue weighted by atomic mass is 10.2. The third-order valence-corrected chi connectivity index (χ3v) is 4.61. The topological polar surface area (TPSA) is 74.4 Å². The first-order valence-electron chi connectivity index (χ1n) is 8.58. The third kappa shape index (κ3) is 2.73. The summed E-state index contributed by atoms with van der Waals surface area (Å²) in [6.07, 6.45) is 6.59. The van der Waals surface area contributed by atoms with Crippen molar-refractivity contribution in [3.63, 3.8) is 0 Å². The summed E-state index contributed by atoms with van der Waals surface area (Å²) in [6.45, 7) is 0. The minimum atomic E-state index is 0.622. The summed E-state index contributed by atoms with van der Waals surface area (Å²) < 4.78 is 0. The highest BCUT2D eigenvalue weighted by Crippen LogP contribution is 2.18. The van der Waals surface area contributed by atoms with Crippen LogP contribution in [0.5, 0.6) is 0 Å². The van der Waals surface area contributed by atoms with E-state index in [9.17, 15) is 4.79 Å². The molecule has 0 spiro atoms. The third-order valence-electron chi connectivity index (χ3n) is 4.61. The standard InChI is InChI=1S/C21H16N4O/c26-12-13-7-20-10-18-4-3-16(23-18)8-14-1-2-15(22-14)9-17-5-6-19(24-17)11-21(13)25-20/h1-2,5-12,22,25H,3-4H2. The fourth-order valence-corrected chi connectivity index (χ4v) is 3.38. The number of H-pyrrole nitrogens is 2. The molecule has 5 heteroatoms. The quantitative estimate of drug-likeness (QED) is 0.513. The Hall–Kier alpha value is -3.47. The lowest BCUT2D eigenvalue weighted by Gasteiger charge is -1.86. The second kappa shape index (κ2) is 5.81. The van der Waals surface area contributed by atoms with Gasteiger partial charge >= 0.3 is 0 Å². The minimum absolute atomic E-state index is 0.622. The van der Waals surface area contributed by atoms with Crippen LogP contribution in [0.3, 0.4) is 0 Å². The van der Waals surface area contributed by atoms with Gasteiger partial charge in [0.15, 0.2) is 6.29 Å². The van der Waals surface area contributed by atoms with Crippen molar-refractivity contribution in [1.29, 1.82) is 0 Å². The fraction of sp³-hybridized carbons (Fsp3) is 0.0952. The zero-order valence-electron chi connectivity index (χ0n) is 14.0. The van der Waals surface area contributed by atoms with E-state index in [0.29, 0.717) is 5.56 Å². The summed E-state index contributed by atoms with van der Waals surface area (Å²) >= 11 is 0. The van der Waals surface area contributed by atoms with E-state index in [2.05, 4.69) is 27.1 Å². The van der Waals surface area contributed by atoms with E-state index >= 15 is 0 Å². The van der Waals surface area contributed by atoms with Crippen molar-refractivity contribution in [1.82, 2.24) is 19.9 Å². The molecule has 5 heterocycles. The van der Waals surface area contributed by atoms with Crippen molar-refractivity contribution in [3.05, 3.63) is 70.8 Å². The van der Waals surface area contributed by atoms with Gasteiger partial charge in [-0.1, -0.05) is 0 Å². The van der Waals surface area contributed by atoms with E-state index in [4.69, 9.17) is 4.98 Å². The maximum absolute atomic E-state index is 11.4. The van der Waals surface area contributed by atoms with Crippen LogP contribution in [-0.2, 0) is 12.8 Å². The molecule has 0 aliphatic carbocycles. The largest absolute Gasteiger partial charge is 0.355 e. The smallest absolute Gasteiger partial charge is 0.152 e. The number of rotatable bonds is 1. The van der Waals surface area contributed by atoms with Crippen molar-refractivity contribution in [2.75, 3.05) is 0 Å². The second-order valence-electron chi connectivity index (χ2n) is 6.55. The van der Waals surface area contributed by atoms with Crippen LogP contribution in [0.2, 0.25) is 0 Å². The predicted molar refractivity (Wildman–Crippen MR) is 103 cm³/mol. The number of hydrogen-bond donors (Lipinski definition) is 2. The average molecular weight is 340 g/mol. The maximum atomic E-state index is 11.4. The van der Waals surface area contributed by atoms with Gasteiger partial charge in [-0.15, -0.1) is 0 Å². The van der Waals surface area contributed by atoms with Crippen LogP contribution >= 0.6 is 0 Å². The molecular formula is C21H16N4O. The van der Waals surface area contributed by atoms with Crippen molar-refractivity contribution < 1.29 is 4.79 Å². The Morgan fingerprint density at radius 2 is 1.46 bits per heavy atom. The average Bonchev–Trinajstić information content (AvgIpc) is 3.39. The van der Waals surface area contributed by atoms with E-state index in [1.165, 1.54) is 0 Å². The van der Waals surface area contributed by atoms with Crippen LogP contribution in [0.4, 0.5) is 0 Å². The zero-order chi connectivity index (χ0) is 17.5. The minimum Gasteiger partial charge on any atom is -0.355 e. The molecule has 0 unspecified atom stereocenters. The van der Waals surface area contributed by atoms with Crippen LogP contribution in [0.1, 0.15) is 33.1 Å². The van der Waals surface area contributed by atoms with E-state index in [0.717, 1.165) is 64.0 Å². The van der Waals surface area contributed by atoms with Gasteiger partial charge in [0.25, 0.3) is 0 Å². The lowest BCUT2D eigenvalue weighted by Crippen LogP contribution is -1.77. The van der Waals surface area contributed by atoms with Gasteiger partial charge in [0.1, 0.15) is 0 Å². The predicted octanol–water partition coefficient (Wildman–Crippen LogP) is 4.08. The highest BCUT2D eigenvalue weighted by Gasteiger charge is 2.07. The Morgan fingerprint density at radius 1 is 0.769 bits per heavy atom. The molecule has 0 fully saturated rings. The summed E-state index contributed by atoms with van der Waals surface area (Å²) in [7, 11) is 0. The van der Waals surface area contributed by atoms with E-state index in [1.54, 1.807) is 0 Å². The molecule has 3 aromatic heterocycles. The van der Waals surface area contributed by atoms with Crippen LogP contribution in [0.25, 0.3) is 34.2 Å². The first-order valence-corrected chi connectivity index (χ1v) is 8.58. The van der Waals surface area contributed by atoms with Gasteiger partial charge in [-0.05, 0) is 67.5 Å². The lowest BCUT2D eigenvalue weighted by molar-refractivity contribution is 0.112. The molecule has 8 bridgehead atoms. The molecule has 0 atom stereocenters. The van der Waals surface area contributed by atoms with Gasteiger partial charge in [0.05, 0.1) is 16.9 Å². The van der Waals surface area contributed by atoms with E-state index < -0.39 is 0 Å². The molecule has 2 aliphatic heterocycles. The number of nitrogens with zero attached hydrogens (tertiary/aromatic N) is 2. The first kappa shape index (κ1) is 14.8. The second-order valence-corrected chi connectivity index (χ2v) is 6.55. The Labute approximate surface area is 149 Å². The van der Waals surface area contributed by atoms with Crippen molar-refractivity contribution in [2.45, 2.75) is 12.8 Å². The zero-order valence-corrected chi connectivity index (χ0v) is 14.0. The van der Waals surface area contributed by atoms with Crippen LogP contribution in [-0.4, -0.2) is 26.2 Å². The molecule has 3 aromatic rings. The molecule has 126 valence electrons. The molecule has 5 nitrogen and oxygen atoms in total. The molecule has 26 heavy (non-hydrogen) atoms. The Kier molecular flexibility index (Phi) is 3.31. The molecule has 0 radical (unpaired) electrons. The number of hydrogen-bond acceptors (Lipinski definition) is 3. The number of fused-ring (bicyclic) bond motifs is 8. The van der Waals surface area contributed by atoms with E-state index in [-0.39, 0.29) is 0 Å². The summed E-state index contributed by atoms with van der Waals surface area (Å²) in [5.74, 6) is 0. The molecule has 0 saturated heterocycles. The van der Waals surface area contributed by atoms with E-state index in [1.807, 2.05) is 42.5 Å². The van der Waals surface area contributed by atoms with Crippen LogP contribution < -0.4 is 0 Å². The summed E-state index contributed by atoms with van der Waals surface area (Å²) in [5.41, 5.74) is 8.05. The molecule has 2 N–H and O–H groups in total.